The second kappa shape index (κ2) is 6.52. The highest BCUT2D eigenvalue weighted by Gasteiger charge is 2.25. The average molecular weight is 348 g/mol. The molecule has 1 amide bonds. The molecule has 21 heavy (non-hydrogen) atoms. The molecule has 1 aromatic carbocycles. The van der Waals surface area contributed by atoms with Gasteiger partial charge in [-0.1, -0.05) is 28.8 Å². The molecule has 2 unspecified atom stereocenters. The normalized spacial score (nSPS) is 22.1. The fourth-order valence-electron chi connectivity index (χ4n) is 2.94. The van der Waals surface area contributed by atoms with Crippen molar-refractivity contribution in [2.75, 3.05) is 5.33 Å². The molecule has 3 rings (SSSR count). The fraction of sp³-hybridized carbons (Fsp3) is 0.438. The smallest absolute Gasteiger partial charge is 0.251 e. The molecule has 1 aromatic heterocycles. The molecule has 0 saturated heterocycles. The first-order valence-corrected chi connectivity index (χ1v) is 8.47. The predicted octanol–water partition coefficient (Wildman–Crippen LogP) is 3.31. The van der Waals surface area contributed by atoms with Crippen LogP contribution in [0.5, 0.6) is 0 Å². The second-order valence-electron chi connectivity index (χ2n) is 5.54. The molecular formula is C16H18BrN3O. The van der Waals surface area contributed by atoms with Crippen LogP contribution >= 0.6 is 15.9 Å². The monoisotopic (exact) mass is 347 g/mol. The lowest BCUT2D eigenvalue weighted by molar-refractivity contribution is 0.0912. The molecule has 0 radical (unpaired) electrons. The molecule has 2 atom stereocenters. The van der Waals surface area contributed by atoms with E-state index in [-0.39, 0.29) is 11.9 Å². The van der Waals surface area contributed by atoms with Crippen molar-refractivity contribution in [3.63, 3.8) is 0 Å². The van der Waals surface area contributed by atoms with Gasteiger partial charge in [-0.3, -0.25) is 14.8 Å². The molecule has 0 aliphatic heterocycles. The predicted molar refractivity (Wildman–Crippen MR) is 86.5 cm³/mol. The summed E-state index contributed by atoms with van der Waals surface area (Å²) >= 11 is 3.56. The molecular weight excluding hydrogens is 330 g/mol. The lowest BCUT2D eigenvalue weighted by Gasteiger charge is -2.31. The van der Waals surface area contributed by atoms with Crippen LogP contribution in [0.3, 0.4) is 0 Å². The number of hydrogen-bond donors (Lipinski definition) is 1. The van der Waals surface area contributed by atoms with Crippen molar-refractivity contribution in [1.82, 2.24) is 15.3 Å². The zero-order chi connectivity index (χ0) is 14.7. The van der Waals surface area contributed by atoms with E-state index in [1.54, 1.807) is 12.4 Å². The standard InChI is InChI=1S/C16H18BrN3O/c17-10-12-3-1-2-4-13(12)20-16(21)11-5-6-14-15(9-11)19-8-7-18-14/h5-9,12-13H,1-4,10H2,(H,20,21). The van der Waals surface area contributed by atoms with Crippen LogP contribution in [0, 0.1) is 5.92 Å². The van der Waals surface area contributed by atoms with Gasteiger partial charge in [0.05, 0.1) is 11.0 Å². The number of carbonyl (C=O) groups is 1. The van der Waals surface area contributed by atoms with E-state index in [9.17, 15) is 4.79 Å². The van der Waals surface area contributed by atoms with Crippen LogP contribution in [-0.4, -0.2) is 27.2 Å². The van der Waals surface area contributed by atoms with Gasteiger partial charge in [-0.05, 0) is 37.0 Å². The second-order valence-corrected chi connectivity index (χ2v) is 6.19. The molecule has 2 aromatic rings. The van der Waals surface area contributed by atoms with Gasteiger partial charge in [-0.15, -0.1) is 0 Å². The van der Waals surface area contributed by atoms with E-state index in [0.29, 0.717) is 11.5 Å². The fourth-order valence-corrected chi connectivity index (χ4v) is 3.71. The van der Waals surface area contributed by atoms with Crippen molar-refractivity contribution in [1.29, 1.82) is 0 Å². The Labute approximate surface area is 132 Å². The van der Waals surface area contributed by atoms with Crippen molar-refractivity contribution < 1.29 is 4.79 Å². The Morgan fingerprint density at radius 2 is 1.95 bits per heavy atom. The van der Waals surface area contributed by atoms with Crippen LogP contribution in [-0.2, 0) is 0 Å². The van der Waals surface area contributed by atoms with Crippen LogP contribution in [0.15, 0.2) is 30.6 Å². The highest BCUT2D eigenvalue weighted by Crippen LogP contribution is 2.26. The summed E-state index contributed by atoms with van der Waals surface area (Å²) in [5.41, 5.74) is 2.22. The minimum atomic E-state index is -0.0135. The number of aromatic nitrogens is 2. The van der Waals surface area contributed by atoms with Gasteiger partial charge in [0.2, 0.25) is 0 Å². The van der Waals surface area contributed by atoms with E-state index in [0.717, 1.165) is 22.8 Å². The van der Waals surface area contributed by atoms with Gasteiger partial charge in [0.25, 0.3) is 5.91 Å². The Balaban J connectivity index is 1.76. The minimum Gasteiger partial charge on any atom is -0.349 e. The molecule has 1 N–H and O–H groups in total. The van der Waals surface area contributed by atoms with Crippen molar-refractivity contribution in [2.24, 2.45) is 5.92 Å². The molecule has 1 heterocycles. The average Bonchev–Trinajstić information content (AvgIpc) is 2.55. The van der Waals surface area contributed by atoms with Crippen molar-refractivity contribution >= 4 is 32.9 Å². The Morgan fingerprint density at radius 3 is 2.76 bits per heavy atom. The first-order chi connectivity index (χ1) is 10.3. The maximum absolute atomic E-state index is 12.4. The third kappa shape index (κ3) is 3.23. The number of alkyl halides is 1. The number of carbonyl (C=O) groups excluding carboxylic acids is 1. The number of amides is 1. The zero-order valence-electron chi connectivity index (χ0n) is 11.8. The summed E-state index contributed by atoms with van der Waals surface area (Å²) in [6, 6.07) is 5.74. The van der Waals surface area contributed by atoms with E-state index >= 15 is 0 Å². The lowest BCUT2D eigenvalue weighted by Crippen LogP contribution is -2.42. The molecule has 0 bridgehead atoms. The number of fused-ring (bicyclic) bond motifs is 1. The Kier molecular flexibility index (Phi) is 4.48. The van der Waals surface area contributed by atoms with Crippen LogP contribution < -0.4 is 5.32 Å². The van der Waals surface area contributed by atoms with Crippen molar-refractivity contribution in [3.05, 3.63) is 36.2 Å². The quantitative estimate of drug-likeness (QED) is 0.866. The van der Waals surface area contributed by atoms with Gasteiger partial charge in [0, 0.05) is 29.3 Å². The van der Waals surface area contributed by atoms with Crippen molar-refractivity contribution in [3.8, 4) is 0 Å². The number of benzene rings is 1. The van der Waals surface area contributed by atoms with Crippen LogP contribution in [0.25, 0.3) is 11.0 Å². The molecule has 0 spiro atoms. The summed E-state index contributed by atoms with van der Waals surface area (Å²) in [5.74, 6) is 0.517. The maximum Gasteiger partial charge on any atom is 0.251 e. The number of rotatable bonds is 3. The summed E-state index contributed by atoms with van der Waals surface area (Å²) in [6.45, 7) is 0. The third-order valence-electron chi connectivity index (χ3n) is 4.16. The number of nitrogens with one attached hydrogen (secondary N) is 1. The van der Waals surface area contributed by atoms with E-state index in [2.05, 4.69) is 31.2 Å². The summed E-state index contributed by atoms with van der Waals surface area (Å²) < 4.78 is 0. The molecule has 5 heteroatoms. The zero-order valence-corrected chi connectivity index (χ0v) is 13.3. The van der Waals surface area contributed by atoms with E-state index in [4.69, 9.17) is 0 Å². The Hall–Kier alpha value is -1.49. The molecule has 1 fully saturated rings. The maximum atomic E-state index is 12.4. The van der Waals surface area contributed by atoms with Gasteiger partial charge in [0.15, 0.2) is 0 Å². The van der Waals surface area contributed by atoms with Crippen LogP contribution in [0.1, 0.15) is 36.0 Å². The SMILES string of the molecule is O=C(NC1CCCCC1CBr)c1ccc2nccnc2c1. The summed E-state index contributed by atoms with van der Waals surface area (Å²) in [6.07, 6.45) is 8.00. The first-order valence-electron chi connectivity index (χ1n) is 7.35. The van der Waals surface area contributed by atoms with Gasteiger partial charge < -0.3 is 5.32 Å². The summed E-state index contributed by atoms with van der Waals surface area (Å²) in [7, 11) is 0. The Bertz CT molecular complexity index is 646. The first kappa shape index (κ1) is 14.4. The summed E-state index contributed by atoms with van der Waals surface area (Å²) in [4.78, 5) is 20.9. The van der Waals surface area contributed by atoms with Gasteiger partial charge in [0.1, 0.15) is 0 Å². The van der Waals surface area contributed by atoms with Gasteiger partial charge >= 0.3 is 0 Å². The Morgan fingerprint density at radius 1 is 1.19 bits per heavy atom. The van der Waals surface area contributed by atoms with Gasteiger partial charge in [-0.2, -0.15) is 0 Å². The molecule has 110 valence electrons. The number of nitrogens with zero attached hydrogens (tertiary/aromatic N) is 2. The number of hydrogen-bond acceptors (Lipinski definition) is 3. The molecule has 1 aliphatic rings. The highest BCUT2D eigenvalue weighted by atomic mass is 79.9. The van der Waals surface area contributed by atoms with E-state index in [1.165, 1.54) is 19.3 Å². The topological polar surface area (TPSA) is 54.9 Å². The van der Waals surface area contributed by atoms with Crippen LogP contribution in [0.4, 0.5) is 0 Å². The van der Waals surface area contributed by atoms with Crippen LogP contribution in [0.2, 0.25) is 0 Å². The molecule has 1 aliphatic carbocycles. The third-order valence-corrected chi connectivity index (χ3v) is 4.99. The minimum absolute atomic E-state index is 0.0135. The largest absolute Gasteiger partial charge is 0.349 e. The number of halogens is 1. The summed E-state index contributed by atoms with van der Waals surface area (Å²) in [5, 5.41) is 4.13. The highest BCUT2D eigenvalue weighted by molar-refractivity contribution is 9.09. The van der Waals surface area contributed by atoms with E-state index in [1.807, 2.05) is 18.2 Å². The lowest BCUT2D eigenvalue weighted by atomic mass is 9.86. The van der Waals surface area contributed by atoms with Gasteiger partial charge in [-0.25, -0.2) is 0 Å². The van der Waals surface area contributed by atoms with Crippen molar-refractivity contribution in [2.45, 2.75) is 31.7 Å². The van der Waals surface area contributed by atoms with E-state index < -0.39 is 0 Å². The molecule has 1 saturated carbocycles. The molecule has 4 nitrogen and oxygen atoms in total.